The molecule has 9 heteroatoms. The highest BCUT2D eigenvalue weighted by Crippen LogP contribution is 2.33. The van der Waals surface area contributed by atoms with Crippen molar-refractivity contribution in [2.75, 3.05) is 4.72 Å². The van der Waals surface area contributed by atoms with Gasteiger partial charge in [-0.15, -0.1) is 0 Å². The van der Waals surface area contributed by atoms with Crippen LogP contribution in [0.3, 0.4) is 0 Å². The maximum absolute atomic E-state index is 12.6. The summed E-state index contributed by atoms with van der Waals surface area (Å²) in [5.74, 6) is 0.0947. The van der Waals surface area contributed by atoms with E-state index < -0.39 is 10.0 Å². The quantitative estimate of drug-likeness (QED) is 0.557. The van der Waals surface area contributed by atoms with Gasteiger partial charge in [0, 0.05) is 9.50 Å². The van der Waals surface area contributed by atoms with Crippen LogP contribution in [0, 0.1) is 0 Å². The molecule has 2 aromatic carbocycles. The molecule has 1 N–H and O–H groups in total. The van der Waals surface area contributed by atoms with Crippen molar-refractivity contribution in [3.05, 3.63) is 69.5 Å². The first kappa shape index (κ1) is 18.1. The van der Waals surface area contributed by atoms with E-state index in [9.17, 15) is 8.42 Å². The monoisotopic (exact) mass is 457 g/mol. The van der Waals surface area contributed by atoms with Crippen molar-refractivity contribution in [2.45, 2.75) is 4.90 Å². The van der Waals surface area contributed by atoms with E-state index >= 15 is 0 Å². The maximum Gasteiger partial charge on any atom is 0.263 e. The van der Waals surface area contributed by atoms with Crippen LogP contribution in [0.4, 0.5) is 5.82 Å². The Balaban J connectivity index is 2.05. The maximum atomic E-state index is 12.6. The fraction of sp³-hybridized carbons (Fsp3) is 0. The second kappa shape index (κ2) is 7.29. The molecule has 0 aliphatic heterocycles. The molecule has 3 aromatic rings. The topological polar surface area (TPSA) is 72.0 Å². The Kier molecular flexibility index (Phi) is 5.29. The van der Waals surface area contributed by atoms with Crippen LogP contribution in [0.15, 0.2) is 64.2 Å². The van der Waals surface area contributed by atoms with Crippen molar-refractivity contribution in [3.63, 3.8) is 0 Å². The van der Waals surface area contributed by atoms with E-state index in [1.54, 1.807) is 12.1 Å². The van der Waals surface area contributed by atoms with Gasteiger partial charge in [0.05, 0.1) is 10.5 Å². The number of nitrogens with zero attached hydrogens (tertiary/aromatic N) is 2. The smallest absolute Gasteiger partial charge is 0.263 e. The molecular formula is C16H10BrCl2N3O2S. The summed E-state index contributed by atoms with van der Waals surface area (Å²) in [5, 5.41) is 0.589. The second-order valence-corrected chi connectivity index (χ2v) is 8.35. The van der Waals surface area contributed by atoms with Crippen molar-refractivity contribution < 1.29 is 8.42 Å². The van der Waals surface area contributed by atoms with E-state index in [0.29, 0.717) is 16.1 Å². The summed E-state index contributed by atoms with van der Waals surface area (Å²) in [6.45, 7) is 0. The van der Waals surface area contributed by atoms with Gasteiger partial charge in [0.1, 0.15) is 11.5 Å². The molecule has 1 heterocycles. The molecular weight excluding hydrogens is 449 g/mol. The Bertz CT molecular complexity index is 1010. The number of aromatic nitrogens is 2. The van der Waals surface area contributed by atoms with Gasteiger partial charge in [0.15, 0.2) is 5.82 Å². The lowest BCUT2D eigenvalue weighted by molar-refractivity contribution is 0.601. The van der Waals surface area contributed by atoms with Gasteiger partial charge in [0.2, 0.25) is 0 Å². The Morgan fingerprint density at radius 3 is 2.20 bits per heavy atom. The molecule has 5 nitrogen and oxygen atoms in total. The average molecular weight is 459 g/mol. The third-order valence-corrected chi connectivity index (χ3v) is 5.71. The minimum atomic E-state index is -3.85. The number of anilines is 1. The molecule has 0 bridgehead atoms. The number of benzene rings is 2. The van der Waals surface area contributed by atoms with E-state index in [-0.39, 0.29) is 15.9 Å². The lowest BCUT2D eigenvalue weighted by atomic mass is 10.1. The summed E-state index contributed by atoms with van der Waals surface area (Å²) in [6, 6.07) is 13.0. The predicted molar refractivity (Wildman–Crippen MR) is 102 cm³/mol. The van der Waals surface area contributed by atoms with Gasteiger partial charge in [-0.25, -0.2) is 18.4 Å². The SMILES string of the molecule is O=S(=O)(Nc1ncnc(Cl)c1-c1ccc(Br)cc1)c1ccc(Cl)cc1. The van der Waals surface area contributed by atoms with Crippen LogP contribution < -0.4 is 4.72 Å². The summed E-state index contributed by atoms with van der Waals surface area (Å²) in [4.78, 5) is 8.05. The van der Waals surface area contributed by atoms with Crippen LogP contribution in [-0.2, 0) is 10.0 Å². The molecule has 0 aliphatic rings. The summed E-state index contributed by atoms with van der Waals surface area (Å²) in [5.41, 5.74) is 1.08. The number of hydrogen-bond donors (Lipinski definition) is 1. The van der Waals surface area contributed by atoms with E-state index in [2.05, 4.69) is 30.6 Å². The summed E-state index contributed by atoms with van der Waals surface area (Å²) in [7, 11) is -3.85. The second-order valence-electron chi connectivity index (χ2n) is 4.95. The van der Waals surface area contributed by atoms with E-state index in [1.165, 1.54) is 30.6 Å². The number of rotatable bonds is 4. The Morgan fingerprint density at radius 1 is 0.920 bits per heavy atom. The highest BCUT2D eigenvalue weighted by Gasteiger charge is 2.20. The first-order valence-corrected chi connectivity index (χ1v) is 9.95. The average Bonchev–Trinajstić information content (AvgIpc) is 2.56. The van der Waals surface area contributed by atoms with Crippen LogP contribution in [0.1, 0.15) is 0 Å². The van der Waals surface area contributed by atoms with Gasteiger partial charge in [-0.3, -0.25) is 4.72 Å². The zero-order valence-corrected chi connectivity index (χ0v) is 16.4. The normalized spacial score (nSPS) is 11.3. The predicted octanol–water partition coefficient (Wildman–Crippen LogP) is 5.01. The van der Waals surface area contributed by atoms with Crippen molar-refractivity contribution in [1.82, 2.24) is 9.97 Å². The largest absolute Gasteiger partial charge is 0.263 e. The zero-order chi connectivity index (χ0) is 18.0. The molecule has 25 heavy (non-hydrogen) atoms. The Hall–Kier alpha value is -1.67. The minimum absolute atomic E-state index is 0.0633. The van der Waals surface area contributed by atoms with Gasteiger partial charge in [-0.05, 0) is 42.0 Å². The molecule has 0 fully saturated rings. The van der Waals surface area contributed by atoms with Crippen LogP contribution in [0.25, 0.3) is 11.1 Å². The molecule has 0 spiro atoms. The lowest BCUT2D eigenvalue weighted by Gasteiger charge is -2.12. The van der Waals surface area contributed by atoms with Crippen molar-refractivity contribution in [2.24, 2.45) is 0 Å². The molecule has 0 saturated carbocycles. The van der Waals surface area contributed by atoms with E-state index in [1.807, 2.05) is 12.1 Å². The van der Waals surface area contributed by atoms with Gasteiger partial charge in [0.25, 0.3) is 10.0 Å². The third kappa shape index (κ3) is 4.12. The molecule has 0 amide bonds. The minimum Gasteiger partial charge on any atom is -0.263 e. The number of nitrogens with one attached hydrogen (secondary N) is 1. The van der Waals surface area contributed by atoms with Gasteiger partial charge >= 0.3 is 0 Å². The fourth-order valence-electron chi connectivity index (χ4n) is 2.11. The molecule has 0 unspecified atom stereocenters. The van der Waals surface area contributed by atoms with Crippen LogP contribution in [0.2, 0.25) is 10.2 Å². The lowest BCUT2D eigenvalue weighted by Crippen LogP contribution is -2.15. The van der Waals surface area contributed by atoms with Crippen molar-refractivity contribution in [1.29, 1.82) is 0 Å². The van der Waals surface area contributed by atoms with Gasteiger partial charge in [-0.2, -0.15) is 0 Å². The van der Waals surface area contributed by atoms with Crippen molar-refractivity contribution >= 4 is 55.0 Å². The molecule has 3 rings (SSSR count). The number of halogens is 3. The molecule has 0 aliphatic carbocycles. The van der Waals surface area contributed by atoms with Crippen molar-refractivity contribution in [3.8, 4) is 11.1 Å². The highest BCUT2D eigenvalue weighted by atomic mass is 79.9. The Morgan fingerprint density at radius 2 is 1.56 bits per heavy atom. The molecule has 0 radical (unpaired) electrons. The fourth-order valence-corrected chi connectivity index (χ4v) is 3.77. The van der Waals surface area contributed by atoms with Crippen LogP contribution >= 0.6 is 39.1 Å². The summed E-state index contributed by atoms with van der Waals surface area (Å²) in [6.07, 6.45) is 1.20. The van der Waals surface area contributed by atoms with Crippen LogP contribution in [0.5, 0.6) is 0 Å². The third-order valence-electron chi connectivity index (χ3n) is 3.29. The summed E-state index contributed by atoms with van der Waals surface area (Å²) < 4.78 is 28.5. The standard InChI is InChI=1S/C16H10BrCl2N3O2S/c17-11-3-1-10(2-4-11)14-15(19)20-9-21-16(14)22-25(23,24)13-7-5-12(18)6-8-13/h1-9H,(H,20,21,22). The molecule has 1 aromatic heterocycles. The first-order chi connectivity index (χ1) is 11.9. The van der Waals surface area contributed by atoms with Gasteiger partial charge in [-0.1, -0.05) is 51.3 Å². The number of hydrogen-bond acceptors (Lipinski definition) is 4. The highest BCUT2D eigenvalue weighted by molar-refractivity contribution is 9.10. The Labute approximate surface area is 163 Å². The van der Waals surface area contributed by atoms with Crippen LogP contribution in [-0.4, -0.2) is 18.4 Å². The van der Waals surface area contributed by atoms with E-state index in [0.717, 1.165) is 4.47 Å². The van der Waals surface area contributed by atoms with E-state index in [4.69, 9.17) is 23.2 Å². The first-order valence-electron chi connectivity index (χ1n) is 6.91. The molecule has 128 valence electrons. The molecule has 0 saturated heterocycles. The van der Waals surface area contributed by atoms with Gasteiger partial charge < -0.3 is 0 Å². The summed E-state index contributed by atoms with van der Waals surface area (Å²) >= 11 is 15.3. The molecule has 0 atom stereocenters. The zero-order valence-electron chi connectivity index (χ0n) is 12.4. The number of sulfonamides is 1.